The van der Waals surface area contributed by atoms with Gasteiger partial charge in [-0.2, -0.15) is 0 Å². The molecule has 2 heterocycles. The third kappa shape index (κ3) is 1.30. The molecular weight excluding hydrogens is 236 g/mol. The minimum absolute atomic E-state index is 0.0408. The minimum Gasteiger partial charge on any atom is -0.478 e. The Hall–Kier alpha value is -1.54. The maximum absolute atomic E-state index is 11.4. The van der Waals surface area contributed by atoms with Crippen molar-refractivity contribution in [2.24, 2.45) is 5.73 Å². The fourth-order valence-corrected chi connectivity index (χ4v) is 2.96. The Balaban J connectivity index is 2.46. The predicted molar refractivity (Wildman–Crippen MR) is 53.4 cm³/mol. The Labute approximate surface area is 93.9 Å². The van der Waals surface area contributed by atoms with Crippen LogP contribution in [0.4, 0.5) is 0 Å². The fraction of sp³-hybridized carbons (Fsp3) is 0.375. The Bertz CT molecular complexity index is 432. The highest BCUT2D eigenvalue weighted by Crippen LogP contribution is 2.39. The first-order chi connectivity index (χ1) is 7.45. The molecule has 0 aromatic carbocycles. The Morgan fingerprint density at radius 3 is 2.50 bits per heavy atom. The number of carbonyl (C=O) groups excluding carboxylic acids is 1. The van der Waals surface area contributed by atoms with E-state index in [1.807, 2.05) is 0 Å². The molecule has 2 atom stereocenters. The number of carbonyl (C=O) groups is 3. The van der Waals surface area contributed by atoms with Gasteiger partial charge in [-0.3, -0.25) is 9.69 Å². The van der Waals surface area contributed by atoms with Crippen molar-refractivity contribution in [2.45, 2.75) is 11.4 Å². The number of hydrogen-bond donors (Lipinski definition) is 3. The van der Waals surface area contributed by atoms with Gasteiger partial charge in [-0.25, -0.2) is 9.59 Å². The second-order valence-electron chi connectivity index (χ2n) is 3.37. The van der Waals surface area contributed by atoms with Crippen LogP contribution in [0, 0.1) is 0 Å². The molecule has 1 unspecified atom stereocenters. The number of rotatable bonds is 2. The molecule has 1 saturated heterocycles. The first-order valence-electron chi connectivity index (χ1n) is 4.35. The normalized spacial score (nSPS) is 28.6. The van der Waals surface area contributed by atoms with Crippen molar-refractivity contribution in [3.63, 3.8) is 0 Å². The van der Waals surface area contributed by atoms with Crippen LogP contribution in [0.3, 0.4) is 0 Å². The number of fused-ring (bicyclic) bond motifs is 1. The standard InChI is InChI=1S/C8H8N2O5S/c9-3-5(11)10-4(8(14)15)2(7(12)13)1-16-6(3)10/h3,6H,1,9H2,(H,12,13)(H,14,15)/t3?,6-/m1/s1. The van der Waals surface area contributed by atoms with Crippen LogP contribution in [0.25, 0.3) is 0 Å². The molecule has 7 nitrogen and oxygen atoms in total. The lowest BCUT2D eigenvalue weighted by atomic mass is 10.0. The summed E-state index contributed by atoms with van der Waals surface area (Å²) in [4.78, 5) is 34.1. The van der Waals surface area contributed by atoms with Crippen LogP contribution in [0.2, 0.25) is 0 Å². The van der Waals surface area contributed by atoms with Crippen LogP contribution in [0.15, 0.2) is 11.3 Å². The molecule has 0 aromatic rings. The first-order valence-corrected chi connectivity index (χ1v) is 5.40. The lowest BCUT2D eigenvalue weighted by Gasteiger charge is -2.47. The number of carboxylic acid groups (broad SMARTS) is 2. The van der Waals surface area contributed by atoms with E-state index in [1.54, 1.807) is 0 Å². The molecule has 86 valence electrons. The minimum atomic E-state index is -1.41. The average molecular weight is 244 g/mol. The van der Waals surface area contributed by atoms with Gasteiger partial charge in [-0.15, -0.1) is 11.8 Å². The Kier molecular flexibility index (Phi) is 2.39. The number of nitrogens with zero attached hydrogens (tertiary/aromatic N) is 1. The van der Waals surface area contributed by atoms with Gasteiger partial charge in [-0.05, 0) is 0 Å². The van der Waals surface area contributed by atoms with E-state index in [2.05, 4.69) is 0 Å². The van der Waals surface area contributed by atoms with E-state index in [9.17, 15) is 14.4 Å². The molecule has 0 saturated carbocycles. The van der Waals surface area contributed by atoms with Crippen molar-refractivity contribution in [2.75, 3.05) is 5.75 Å². The molecule has 16 heavy (non-hydrogen) atoms. The topological polar surface area (TPSA) is 121 Å². The molecule has 0 bridgehead atoms. The largest absolute Gasteiger partial charge is 0.478 e. The van der Waals surface area contributed by atoms with Crippen molar-refractivity contribution < 1.29 is 24.6 Å². The van der Waals surface area contributed by atoms with E-state index < -0.39 is 35.0 Å². The summed E-state index contributed by atoms with van der Waals surface area (Å²) >= 11 is 1.16. The van der Waals surface area contributed by atoms with Gasteiger partial charge in [0.2, 0.25) is 5.91 Å². The molecular formula is C8H8N2O5S. The number of amides is 1. The van der Waals surface area contributed by atoms with Gasteiger partial charge in [0.05, 0.1) is 5.57 Å². The summed E-state index contributed by atoms with van der Waals surface area (Å²) in [6, 6.07) is -0.741. The van der Waals surface area contributed by atoms with Crippen LogP contribution >= 0.6 is 11.8 Å². The van der Waals surface area contributed by atoms with Gasteiger partial charge < -0.3 is 15.9 Å². The number of nitrogens with two attached hydrogens (primary N) is 1. The zero-order valence-corrected chi connectivity index (χ0v) is 8.73. The number of carboxylic acids is 2. The molecule has 8 heteroatoms. The van der Waals surface area contributed by atoms with E-state index in [-0.39, 0.29) is 11.3 Å². The molecule has 0 spiro atoms. The fourth-order valence-electron chi connectivity index (χ4n) is 1.68. The number of hydrogen-bond acceptors (Lipinski definition) is 5. The highest BCUT2D eigenvalue weighted by atomic mass is 32.2. The van der Waals surface area contributed by atoms with Crippen molar-refractivity contribution in [1.82, 2.24) is 4.90 Å². The summed E-state index contributed by atoms with van der Waals surface area (Å²) in [5.41, 5.74) is 4.76. The van der Waals surface area contributed by atoms with Gasteiger partial charge in [-0.1, -0.05) is 0 Å². The zero-order chi connectivity index (χ0) is 12.0. The highest BCUT2D eigenvalue weighted by Gasteiger charge is 2.52. The smallest absolute Gasteiger partial charge is 0.353 e. The zero-order valence-electron chi connectivity index (χ0n) is 7.91. The summed E-state index contributed by atoms with van der Waals surface area (Å²) in [5.74, 6) is -3.24. The monoisotopic (exact) mass is 244 g/mol. The number of β-lactam (4-membered cyclic amide) rings is 1. The molecule has 4 N–H and O–H groups in total. The summed E-state index contributed by atoms with van der Waals surface area (Å²) in [7, 11) is 0. The quantitative estimate of drug-likeness (QED) is 0.513. The van der Waals surface area contributed by atoms with Crippen molar-refractivity contribution in [3.05, 3.63) is 11.3 Å². The maximum atomic E-state index is 11.4. The lowest BCUT2D eigenvalue weighted by molar-refractivity contribution is -0.148. The van der Waals surface area contributed by atoms with Gasteiger partial charge in [0.15, 0.2) is 0 Å². The van der Waals surface area contributed by atoms with E-state index in [4.69, 9.17) is 15.9 Å². The van der Waals surface area contributed by atoms with Crippen LogP contribution in [-0.2, 0) is 14.4 Å². The van der Waals surface area contributed by atoms with Gasteiger partial charge in [0.1, 0.15) is 17.1 Å². The second-order valence-corrected chi connectivity index (χ2v) is 4.48. The molecule has 0 aliphatic carbocycles. The Morgan fingerprint density at radius 1 is 1.38 bits per heavy atom. The predicted octanol–water partition coefficient (Wildman–Crippen LogP) is -1.35. The Morgan fingerprint density at radius 2 is 2.00 bits per heavy atom. The summed E-state index contributed by atoms with van der Waals surface area (Å²) in [6.45, 7) is 0. The van der Waals surface area contributed by atoms with E-state index in [0.717, 1.165) is 16.7 Å². The van der Waals surface area contributed by atoms with Crippen molar-refractivity contribution in [3.8, 4) is 0 Å². The molecule has 0 radical (unpaired) electrons. The van der Waals surface area contributed by atoms with Crippen molar-refractivity contribution >= 4 is 29.6 Å². The molecule has 1 amide bonds. The van der Waals surface area contributed by atoms with Crippen LogP contribution < -0.4 is 5.73 Å². The SMILES string of the molecule is NC1C(=O)N2C(C(=O)O)=C(C(=O)O)CS[C@H]12. The number of thioether (sulfide) groups is 1. The third-order valence-corrected chi connectivity index (χ3v) is 3.77. The van der Waals surface area contributed by atoms with Gasteiger partial charge in [0, 0.05) is 5.75 Å². The highest BCUT2D eigenvalue weighted by molar-refractivity contribution is 8.00. The molecule has 2 rings (SSSR count). The van der Waals surface area contributed by atoms with Crippen LogP contribution in [0.1, 0.15) is 0 Å². The third-order valence-electron chi connectivity index (χ3n) is 2.47. The maximum Gasteiger partial charge on any atom is 0.353 e. The molecule has 2 aliphatic heterocycles. The molecule has 2 aliphatic rings. The lowest BCUT2D eigenvalue weighted by Crippen LogP contribution is -2.68. The van der Waals surface area contributed by atoms with Gasteiger partial charge in [0.25, 0.3) is 0 Å². The van der Waals surface area contributed by atoms with Crippen LogP contribution in [0.5, 0.6) is 0 Å². The number of aliphatic carboxylic acids is 2. The van der Waals surface area contributed by atoms with Gasteiger partial charge >= 0.3 is 11.9 Å². The second kappa shape index (κ2) is 3.49. The summed E-state index contributed by atoms with van der Waals surface area (Å²) < 4.78 is 0. The molecule has 0 aromatic heterocycles. The van der Waals surface area contributed by atoms with E-state index in [0.29, 0.717) is 0 Å². The summed E-state index contributed by atoms with van der Waals surface area (Å²) in [5, 5.41) is 17.3. The van der Waals surface area contributed by atoms with Crippen molar-refractivity contribution in [1.29, 1.82) is 0 Å². The average Bonchev–Trinajstić information content (AvgIpc) is 2.25. The summed E-state index contributed by atoms with van der Waals surface area (Å²) in [6.07, 6.45) is 0. The van der Waals surface area contributed by atoms with Crippen LogP contribution in [-0.4, -0.2) is 50.1 Å². The van der Waals surface area contributed by atoms with E-state index >= 15 is 0 Å². The van der Waals surface area contributed by atoms with E-state index in [1.165, 1.54) is 0 Å². The first kappa shape index (κ1) is 11.0. The molecule has 1 fully saturated rings.